The van der Waals surface area contributed by atoms with Crippen molar-refractivity contribution in [3.05, 3.63) is 24.3 Å². The van der Waals surface area contributed by atoms with Crippen LogP contribution in [-0.4, -0.2) is 7.05 Å². The van der Waals surface area contributed by atoms with E-state index >= 15 is 0 Å². The quantitative estimate of drug-likeness (QED) is 0.684. The molecule has 2 nitrogen and oxygen atoms in total. The highest BCUT2D eigenvalue weighted by atomic mass is 32.1. The predicted octanol–water partition coefficient (Wildman–Crippen LogP) is 1.76. The second-order valence-corrected chi connectivity index (χ2v) is 3.17. The zero-order valence-electron chi connectivity index (χ0n) is 6.22. The van der Waals surface area contributed by atoms with Crippen molar-refractivity contribution in [2.75, 3.05) is 12.4 Å². The van der Waals surface area contributed by atoms with Crippen LogP contribution >= 0.6 is 11.5 Å². The average Bonchev–Trinajstić information content (AvgIpc) is 2.47. The minimum absolute atomic E-state index is 1.10. The number of anilines is 1. The normalized spacial score (nSPS) is 10.3. The maximum absolute atomic E-state index is 3.19. The van der Waals surface area contributed by atoms with Gasteiger partial charge in [-0.3, -0.25) is 5.32 Å². The summed E-state index contributed by atoms with van der Waals surface area (Å²) < 4.78 is 4.48. The molecule has 0 bridgehead atoms. The number of rotatable bonds is 1. The second kappa shape index (κ2) is 2.51. The summed E-state index contributed by atoms with van der Waals surface area (Å²) in [6, 6.07) is 8.31. The summed E-state index contributed by atoms with van der Waals surface area (Å²) in [5.74, 6) is 1.10. The lowest BCUT2D eigenvalue weighted by Crippen LogP contribution is -2.01. The molecular formula is C8H9N2S+. The third-order valence-corrected chi connectivity index (χ3v) is 2.55. The maximum atomic E-state index is 3.19. The Hall–Kier alpha value is -1.09. The molecule has 0 atom stereocenters. The van der Waals surface area contributed by atoms with E-state index in [2.05, 4.69) is 21.8 Å². The molecule has 0 saturated carbocycles. The fourth-order valence-electron chi connectivity index (χ4n) is 1.11. The van der Waals surface area contributed by atoms with Crippen molar-refractivity contribution in [1.29, 1.82) is 0 Å². The number of aromatic amines is 1. The van der Waals surface area contributed by atoms with Crippen molar-refractivity contribution in [3.8, 4) is 0 Å². The molecule has 0 amide bonds. The van der Waals surface area contributed by atoms with Crippen LogP contribution in [0.5, 0.6) is 0 Å². The smallest absolute Gasteiger partial charge is 0.276 e. The van der Waals surface area contributed by atoms with Gasteiger partial charge in [0.25, 0.3) is 5.82 Å². The Morgan fingerprint density at radius 2 is 2.18 bits per heavy atom. The SMILES string of the molecule is CNc1[nH+]sc2ccccc12. The lowest BCUT2D eigenvalue weighted by Gasteiger charge is -1.85. The van der Waals surface area contributed by atoms with E-state index < -0.39 is 0 Å². The number of benzene rings is 1. The largest absolute Gasteiger partial charge is 0.292 e. The zero-order chi connectivity index (χ0) is 7.68. The summed E-state index contributed by atoms with van der Waals surface area (Å²) in [5, 5.41) is 4.37. The molecule has 0 unspecified atom stereocenters. The van der Waals surface area contributed by atoms with Crippen LogP contribution in [0.2, 0.25) is 0 Å². The lowest BCUT2D eigenvalue weighted by atomic mass is 10.3. The summed E-state index contributed by atoms with van der Waals surface area (Å²) in [4.78, 5) is 0. The van der Waals surface area contributed by atoms with Gasteiger partial charge in [0.2, 0.25) is 0 Å². The zero-order valence-corrected chi connectivity index (χ0v) is 7.03. The molecule has 11 heavy (non-hydrogen) atoms. The molecule has 0 aliphatic heterocycles. The molecule has 56 valence electrons. The molecule has 0 saturated heterocycles. The van der Waals surface area contributed by atoms with E-state index in [1.165, 1.54) is 10.1 Å². The Labute approximate surface area is 69.0 Å². The topological polar surface area (TPSA) is 26.2 Å². The monoisotopic (exact) mass is 165 g/mol. The van der Waals surface area contributed by atoms with E-state index in [-0.39, 0.29) is 0 Å². The molecule has 2 aromatic rings. The molecule has 0 aliphatic rings. The highest BCUT2D eigenvalue weighted by Crippen LogP contribution is 2.21. The standard InChI is InChI=1S/C8H8N2S/c1-9-8-6-4-2-3-5-7(6)11-10-8/h2-5H,1H3,(H,9,10)/p+1. The number of hydrogen-bond donors (Lipinski definition) is 1. The van der Waals surface area contributed by atoms with Gasteiger partial charge in [0.15, 0.2) is 0 Å². The van der Waals surface area contributed by atoms with E-state index in [1.807, 2.05) is 19.2 Å². The number of hydrogen-bond acceptors (Lipinski definition) is 2. The van der Waals surface area contributed by atoms with E-state index in [4.69, 9.17) is 0 Å². The number of fused-ring (bicyclic) bond motifs is 1. The molecule has 2 N–H and O–H groups in total. The third-order valence-electron chi connectivity index (χ3n) is 1.67. The van der Waals surface area contributed by atoms with Gasteiger partial charge in [-0.15, -0.1) is 0 Å². The van der Waals surface area contributed by atoms with Crippen LogP contribution in [-0.2, 0) is 0 Å². The molecule has 0 spiro atoms. The predicted molar refractivity (Wildman–Crippen MR) is 47.9 cm³/mol. The lowest BCUT2D eigenvalue weighted by molar-refractivity contribution is -0.270. The van der Waals surface area contributed by atoms with Gasteiger partial charge in [0.1, 0.15) is 0 Å². The van der Waals surface area contributed by atoms with E-state index in [9.17, 15) is 0 Å². The van der Waals surface area contributed by atoms with Gasteiger partial charge in [0, 0.05) is 11.5 Å². The Kier molecular flexibility index (Phi) is 1.51. The van der Waals surface area contributed by atoms with Crippen molar-refractivity contribution in [2.45, 2.75) is 0 Å². The van der Waals surface area contributed by atoms with Gasteiger partial charge in [-0.25, -0.2) is 0 Å². The molecule has 1 aromatic carbocycles. The van der Waals surface area contributed by atoms with Crippen molar-refractivity contribution in [1.82, 2.24) is 0 Å². The van der Waals surface area contributed by atoms with E-state index in [0.29, 0.717) is 0 Å². The first kappa shape index (κ1) is 6.61. The Bertz CT molecular complexity index is 367. The highest BCUT2D eigenvalue weighted by molar-refractivity contribution is 7.09. The van der Waals surface area contributed by atoms with Crippen molar-refractivity contribution < 1.29 is 4.37 Å². The summed E-state index contributed by atoms with van der Waals surface area (Å²) in [6.45, 7) is 0. The fraction of sp³-hybridized carbons (Fsp3) is 0.125. The van der Waals surface area contributed by atoms with Crippen LogP contribution in [0.15, 0.2) is 24.3 Å². The summed E-state index contributed by atoms with van der Waals surface area (Å²) >= 11 is 1.65. The molecule has 1 heterocycles. The summed E-state index contributed by atoms with van der Waals surface area (Å²) in [6.07, 6.45) is 0. The van der Waals surface area contributed by atoms with Crippen LogP contribution in [0.25, 0.3) is 10.1 Å². The van der Waals surface area contributed by atoms with Crippen molar-refractivity contribution in [3.63, 3.8) is 0 Å². The van der Waals surface area contributed by atoms with Gasteiger partial charge in [-0.2, -0.15) is 4.37 Å². The summed E-state index contributed by atoms with van der Waals surface area (Å²) in [7, 11) is 1.92. The minimum Gasteiger partial charge on any atom is -0.276 e. The maximum Gasteiger partial charge on any atom is 0.292 e. The molecule has 3 heteroatoms. The van der Waals surface area contributed by atoms with Crippen LogP contribution in [0.1, 0.15) is 0 Å². The number of H-pyrrole nitrogens is 1. The van der Waals surface area contributed by atoms with Gasteiger partial charge >= 0.3 is 0 Å². The van der Waals surface area contributed by atoms with E-state index in [1.54, 1.807) is 11.5 Å². The van der Waals surface area contributed by atoms with E-state index in [0.717, 1.165) is 5.82 Å². The highest BCUT2D eigenvalue weighted by Gasteiger charge is 2.06. The molecule has 1 aromatic heterocycles. The number of aromatic nitrogens is 1. The molecule has 2 rings (SSSR count). The van der Waals surface area contributed by atoms with Gasteiger partial charge < -0.3 is 0 Å². The van der Waals surface area contributed by atoms with Crippen LogP contribution in [0.3, 0.4) is 0 Å². The molecule has 0 radical (unpaired) electrons. The molecule has 0 fully saturated rings. The fourth-order valence-corrected chi connectivity index (χ4v) is 1.96. The third kappa shape index (κ3) is 0.973. The molecular weight excluding hydrogens is 156 g/mol. The first-order chi connectivity index (χ1) is 5.42. The first-order valence-electron chi connectivity index (χ1n) is 3.49. The minimum atomic E-state index is 1.10. The average molecular weight is 165 g/mol. The van der Waals surface area contributed by atoms with Crippen molar-refractivity contribution in [2.24, 2.45) is 0 Å². The Morgan fingerprint density at radius 3 is 3.00 bits per heavy atom. The van der Waals surface area contributed by atoms with Crippen LogP contribution < -0.4 is 9.69 Å². The van der Waals surface area contributed by atoms with Crippen molar-refractivity contribution >= 4 is 27.4 Å². The Morgan fingerprint density at radius 1 is 1.36 bits per heavy atom. The number of nitrogens with one attached hydrogen (secondary N) is 2. The van der Waals surface area contributed by atoms with Gasteiger partial charge in [-0.05, 0) is 12.1 Å². The van der Waals surface area contributed by atoms with Gasteiger partial charge in [-0.1, -0.05) is 12.1 Å². The second-order valence-electron chi connectivity index (χ2n) is 2.33. The summed E-state index contributed by atoms with van der Waals surface area (Å²) in [5.41, 5.74) is 0. The Balaban J connectivity index is 2.76. The van der Waals surface area contributed by atoms with Gasteiger partial charge in [0.05, 0.1) is 17.1 Å². The van der Waals surface area contributed by atoms with Crippen LogP contribution in [0, 0.1) is 0 Å². The first-order valence-corrected chi connectivity index (χ1v) is 4.30. The van der Waals surface area contributed by atoms with Crippen LogP contribution in [0.4, 0.5) is 5.82 Å². The molecule has 0 aliphatic carbocycles.